The number of hydrogen-bond acceptors (Lipinski definition) is 5. The van der Waals surface area contributed by atoms with Gasteiger partial charge in [-0.1, -0.05) is 64.0 Å². The van der Waals surface area contributed by atoms with E-state index in [9.17, 15) is 0 Å². The fraction of sp³-hybridized carbons (Fsp3) is 0.567. The maximum atomic E-state index is 6.17. The van der Waals surface area contributed by atoms with Gasteiger partial charge in [-0.3, -0.25) is 0 Å². The zero-order chi connectivity index (χ0) is 26.6. The fourth-order valence-electron chi connectivity index (χ4n) is 6.66. The molecule has 1 aromatic carbocycles. The minimum absolute atomic E-state index is 0.321. The lowest BCUT2D eigenvalue weighted by molar-refractivity contribution is 0.432. The zero-order valence-electron chi connectivity index (χ0n) is 22.9. The van der Waals surface area contributed by atoms with Gasteiger partial charge in [-0.25, -0.2) is 9.67 Å². The van der Waals surface area contributed by atoms with E-state index < -0.39 is 0 Å². The van der Waals surface area contributed by atoms with Gasteiger partial charge in [0, 0.05) is 17.8 Å². The molecule has 206 valence electrons. The largest absolute Gasteiger partial charge is 0.310 e. The molecule has 1 N–H and O–H groups in total. The van der Waals surface area contributed by atoms with Crippen LogP contribution in [0.15, 0.2) is 30.3 Å². The van der Waals surface area contributed by atoms with Gasteiger partial charge in [0.05, 0.1) is 12.2 Å². The van der Waals surface area contributed by atoms with Crippen LogP contribution in [0.1, 0.15) is 118 Å². The van der Waals surface area contributed by atoms with E-state index in [2.05, 4.69) is 72.5 Å². The molecule has 9 heteroatoms. The van der Waals surface area contributed by atoms with Gasteiger partial charge in [0.2, 0.25) is 11.1 Å². The number of unbranched alkanes of at least 4 members (excludes halogenated alkanes) is 1. The summed E-state index contributed by atoms with van der Waals surface area (Å²) in [7, 11) is 0. The minimum atomic E-state index is 0.321. The highest BCUT2D eigenvalue weighted by Crippen LogP contribution is 2.44. The Morgan fingerprint density at radius 2 is 1.67 bits per heavy atom. The van der Waals surface area contributed by atoms with Crippen molar-refractivity contribution < 1.29 is 0 Å². The average molecular weight is 547 g/mol. The SMILES string of the molecule is CCCCc1nc(Cl)nn1Cc1ccc(-n2c(C3CCCCC3)cc(C3CCCCC3)c2-c2nn[nH]n2)cc1. The first-order chi connectivity index (χ1) is 19.2. The van der Waals surface area contributed by atoms with Gasteiger partial charge in [0.15, 0.2) is 0 Å². The third-order valence-corrected chi connectivity index (χ3v) is 8.85. The lowest BCUT2D eigenvalue weighted by Crippen LogP contribution is -2.12. The van der Waals surface area contributed by atoms with Crippen LogP contribution in [0.5, 0.6) is 0 Å². The number of benzene rings is 1. The Hall–Kier alpha value is -3.00. The Morgan fingerprint density at radius 3 is 2.33 bits per heavy atom. The number of rotatable bonds is 9. The van der Waals surface area contributed by atoms with E-state index in [-0.39, 0.29) is 0 Å². The molecular formula is C30H39ClN8. The van der Waals surface area contributed by atoms with E-state index in [1.54, 1.807) is 0 Å². The van der Waals surface area contributed by atoms with Crippen molar-refractivity contribution in [3.63, 3.8) is 0 Å². The molecule has 2 aliphatic rings. The normalized spacial score (nSPS) is 17.2. The van der Waals surface area contributed by atoms with Crippen molar-refractivity contribution in [3.05, 3.63) is 58.3 Å². The highest BCUT2D eigenvalue weighted by atomic mass is 35.5. The second kappa shape index (κ2) is 12.0. The highest BCUT2D eigenvalue weighted by molar-refractivity contribution is 6.28. The number of hydrogen-bond donors (Lipinski definition) is 1. The minimum Gasteiger partial charge on any atom is -0.310 e. The number of nitrogens with zero attached hydrogens (tertiary/aromatic N) is 7. The van der Waals surface area contributed by atoms with E-state index >= 15 is 0 Å². The van der Waals surface area contributed by atoms with E-state index in [0.717, 1.165) is 36.5 Å². The number of aromatic amines is 1. The summed E-state index contributed by atoms with van der Waals surface area (Å²) in [6, 6.07) is 11.4. The van der Waals surface area contributed by atoms with Crippen molar-refractivity contribution in [1.29, 1.82) is 0 Å². The van der Waals surface area contributed by atoms with Gasteiger partial charge in [0.1, 0.15) is 5.82 Å². The standard InChI is InChI=1S/C30H39ClN8/c1-2-3-14-27-32-30(31)35-38(27)20-21-15-17-24(18-16-21)39-26(23-12-8-5-9-13-23)19-25(22-10-6-4-7-11-22)28(39)29-33-36-37-34-29/h15-19,22-23H,2-14,20H2,1H3,(H,33,34,36,37). The number of aryl methyl sites for hydroxylation is 1. The monoisotopic (exact) mass is 546 g/mol. The van der Waals surface area contributed by atoms with Gasteiger partial charge in [0.25, 0.3) is 0 Å². The van der Waals surface area contributed by atoms with Gasteiger partial charge in [-0.2, -0.15) is 5.21 Å². The Balaban J connectivity index is 1.39. The number of H-pyrrole nitrogens is 1. The molecule has 0 bridgehead atoms. The van der Waals surface area contributed by atoms with Crippen LogP contribution in [0, 0.1) is 0 Å². The molecule has 2 aliphatic carbocycles. The molecule has 39 heavy (non-hydrogen) atoms. The summed E-state index contributed by atoms with van der Waals surface area (Å²) in [6.07, 6.45) is 15.9. The van der Waals surface area contributed by atoms with Gasteiger partial charge >= 0.3 is 0 Å². The summed E-state index contributed by atoms with van der Waals surface area (Å²) in [4.78, 5) is 4.45. The number of aromatic nitrogens is 8. The van der Waals surface area contributed by atoms with Crippen LogP contribution in [0.25, 0.3) is 17.2 Å². The maximum Gasteiger partial charge on any atom is 0.242 e. The molecule has 8 nitrogen and oxygen atoms in total. The molecule has 0 amide bonds. The molecule has 0 aliphatic heterocycles. The van der Waals surface area contributed by atoms with Crippen molar-refractivity contribution in [2.45, 2.75) is 109 Å². The Kier molecular flexibility index (Phi) is 8.09. The maximum absolute atomic E-state index is 6.17. The average Bonchev–Trinajstić information content (AvgIpc) is 3.72. The lowest BCUT2D eigenvalue weighted by Gasteiger charge is -2.24. The van der Waals surface area contributed by atoms with E-state index in [1.165, 1.54) is 81.0 Å². The van der Waals surface area contributed by atoms with Crippen molar-refractivity contribution in [2.75, 3.05) is 0 Å². The molecule has 0 atom stereocenters. The van der Waals surface area contributed by atoms with E-state index in [0.29, 0.717) is 29.5 Å². The van der Waals surface area contributed by atoms with Crippen molar-refractivity contribution in [2.24, 2.45) is 0 Å². The van der Waals surface area contributed by atoms with Gasteiger partial charge in [-0.05, 0) is 90.1 Å². The predicted octanol–water partition coefficient (Wildman–Crippen LogP) is 7.39. The topological polar surface area (TPSA) is 90.1 Å². The van der Waals surface area contributed by atoms with Crippen LogP contribution < -0.4 is 0 Å². The molecule has 0 spiro atoms. The molecule has 6 rings (SSSR count). The molecule has 4 aromatic rings. The quantitative estimate of drug-likeness (QED) is 0.236. The van der Waals surface area contributed by atoms with E-state index in [1.807, 2.05) is 4.68 Å². The van der Waals surface area contributed by atoms with Crippen LogP contribution in [-0.2, 0) is 13.0 Å². The molecular weight excluding hydrogens is 508 g/mol. The summed E-state index contributed by atoms with van der Waals surface area (Å²) in [6.45, 7) is 2.84. The second-order valence-electron chi connectivity index (χ2n) is 11.3. The summed E-state index contributed by atoms with van der Waals surface area (Å²) >= 11 is 6.17. The molecule has 3 aromatic heterocycles. The third-order valence-electron chi connectivity index (χ3n) is 8.69. The fourth-order valence-corrected chi connectivity index (χ4v) is 6.85. The number of halogens is 1. The van der Waals surface area contributed by atoms with Gasteiger partial charge < -0.3 is 4.57 Å². The van der Waals surface area contributed by atoms with E-state index in [4.69, 9.17) is 11.6 Å². The first kappa shape index (κ1) is 26.2. The molecule has 0 saturated heterocycles. The highest BCUT2D eigenvalue weighted by Gasteiger charge is 2.30. The number of tetrazole rings is 1. The number of nitrogens with one attached hydrogen (secondary N) is 1. The van der Waals surface area contributed by atoms with Crippen LogP contribution in [0.2, 0.25) is 5.28 Å². The Bertz CT molecular complexity index is 1340. The second-order valence-corrected chi connectivity index (χ2v) is 11.7. The first-order valence-electron chi connectivity index (χ1n) is 14.9. The summed E-state index contributed by atoms with van der Waals surface area (Å²) < 4.78 is 4.40. The van der Waals surface area contributed by atoms with Crippen molar-refractivity contribution >= 4 is 11.6 Å². The Morgan fingerprint density at radius 1 is 0.949 bits per heavy atom. The molecule has 2 fully saturated rings. The first-order valence-corrected chi connectivity index (χ1v) is 15.3. The molecule has 3 heterocycles. The predicted molar refractivity (Wildman–Crippen MR) is 153 cm³/mol. The summed E-state index contributed by atoms with van der Waals surface area (Å²) in [5.41, 5.74) is 6.27. The molecule has 2 saturated carbocycles. The summed E-state index contributed by atoms with van der Waals surface area (Å²) in [5, 5.41) is 20.4. The smallest absolute Gasteiger partial charge is 0.242 e. The molecule has 0 unspecified atom stereocenters. The van der Waals surface area contributed by atoms with Crippen LogP contribution in [-0.4, -0.2) is 40.0 Å². The lowest BCUT2D eigenvalue weighted by atomic mass is 9.82. The van der Waals surface area contributed by atoms with Crippen molar-refractivity contribution in [1.82, 2.24) is 40.0 Å². The van der Waals surface area contributed by atoms with Crippen LogP contribution >= 0.6 is 11.6 Å². The van der Waals surface area contributed by atoms with Gasteiger partial charge in [-0.15, -0.1) is 15.3 Å². The van der Waals surface area contributed by atoms with Crippen molar-refractivity contribution in [3.8, 4) is 17.2 Å². The molecule has 0 radical (unpaired) electrons. The van der Waals surface area contributed by atoms with Crippen LogP contribution in [0.4, 0.5) is 0 Å². The Labute approximate surface area is 235 Å². The summed E-state index contributed by atoms with van der Waals surface area (Å²) in [5.74, 6) is 2.75. The third kappa shape index (κ3) is 5.67. The zero-order valence-corrected chi connectivity index (χ0v) is 23.7. The van der Waals surface area contributed by atoms with Crippen LogP contribution in [0.3, 0.4) is 0 Å².